The molecule has 0 aromatic rings. The minimum absolute atomic E-state index is 0. The molecular weight excluding hydrogens is 212 g/mol. The number of nitrogens with zero attached hydrogens (tertiary/aromatic N) is 1. The van der Waals surface area contributed by atoms with Gasteiger partial charge in [0.2, 0.25) is 0 Å². The Morgan fingerprint density at radius 2 is 1.93 bits per heavy atom. The zero-order valence-electron chi connectivity index (χ0n) is 10.2. The van der Waals surface area contributed by atoms with E-state index in [-0.39, 0.29) is 12.4 Å². The summed E-state index contributed by atoms with van der Waals surface area (Å²) >= 11 is 0. The van der Waals surface area contributed by atoms with Gasteiger partial charge in [-0.2, -0.15) is 0 Å². The van der Waals surface area contributed by atoms with Crippen molar-refractivity contribution in [2.75, 3.05) is 33.3 Å². The van der Waals surface area contributed by atoms with E-state index in [1.165, 1.54) is 25.9 Å². The van der Waals surface area contributed by atoms with E-state index < -0.39 is 0 Å². The molecule has 0 aliphatic carbocycles. The van der Waals surface area contributed by atoms with Crippen LogP contribution < -0.4 is 5.32 Å². The molecule has 0 spiro atoms. The highest BCUT2D eigenvalue weighted by atomic mass is 35.5. The molecule has 15 heavy (non-hydrogen) atoms. The van der Waals surface area contributed by atoms with E-state index in [1.54, 1.807) is 0 Å². The van der Waals surface area contributed by atoms with Crippen molar-refractivity contribution in [2.45, 2.75) is 38.8 Å². The van der Waals surface area contributed by atoms with Gasteiger partial charge in [0.05, 0.1) is 12.7 Å². The highest BCUT2D eigenvalue weighted by Crippen LogP contribution is 2.09. The Labute approximate surface area is 100.0 Å². The third kappa shape index (κ3) is 6.36. The van der Waals surface area contributed by atoms with Gasteiger partial charge >= 0.3 is 0 Å². The van der Waals surface area contributed by atoms with Crippen molar-refractivity contribution in [3.63, 3.8) is 0 Å². The molecule has 0 atom stereocenters. The van der Waals surface area contributed by atoms with Crippen LogP contribution in [0.15, 0.2) is 0 Å². The van der Waals surface area contributed by atoms with Crippen LogP contribution in [-0.4, -0.2) is 50.3 Å². The Morgan fingerprint density at radius 3 is 2.40 bits per heavy atom. The third-order valence-electron chi connectivity index (χ3n) is 2.85. The predicted octanol–water partition coefficient (Wildman–Crippen LogP) is 1.52. The Bertz CT molecular complexity index is 148. The molecule has 1 rings (SSSR count). The van der Waals surface area contributed by atoms with Gasteiger partial charge in [0.15, 0.2) is 0 Å². The van der Waals surface area contributed by atoms with Crippen LogP contribution in [0.5, 0.6) is 0 Å². The molecule has 1 fully saturated rings. The van der Waals surface area contributed by atoms with E-state index in [1.807, 2.05) is 0 Å². The van der Waals surface area contributed by atoms with Gasteiger partial charge in [-0.3, -0.25) is 0 Å². The summed E-state index contributed by atoms with van der Waals surface area (Å²) in [6.07, 6.45) is 2.92. The van der Waals surface area contributed by atoms with E-state index in [0.717, 1.165) is 19.2 Å². The summed E-state index contributed by atoms with van der Waals surface area (Å²) in [5.41, 5.74) is 0. The first-order valence-electron chi connectivity index (χ1n) is 5.73. The summed E-state index contributed by atoms with van der Waals surface area (Å²) in [6.45, 7) is 8.58. The van der Waals surface area contributed by atoms with Crippen LogP contribution in [0, 0.1) is 0 Å². The Balaban J connectivity index is 0.00000196. The molecule has 1 aliphatic rings. The maximum absolute atomic E-state index is 5.54. The van der Waals surface area contributed by atoms with E-state index in [0.29, 0.717) is 6.10 Å². The van der Waals surface area contributed by atoms with Crippen LogP contribution in [0.3, 0.4) is 0 Å². The van der Waals surface area contributed by atoms with Crippen LogP contribution >= 0.6 is 12.4 Å². The second kappa shape index (κ2) is 8.34. The van der Waals surface area contributed by atoms with Gasteiger partial charge in [-0.25, -0.2) is 0 Å². The molecule has 1 N–H and O–H groups in total. The Hall–Kier alpha value is 0.170. The zero-order chi connectivity index (χ0) is 10.4. The molecule has 0 bridgehead atoms. The van der Waals surface area contributed by atoms with E-state index >= 15 is 0 Å². The van der Waals surface area contributed by atoms with Gasteiger partial charge in [0.25, 0.3) is 0 Å². The largest absolute Gasteiger partial charge is 0.377 e. The Morgan fingerprint density at radius 1 is 1.33 bits per heavy atom. The molecule has 3 nitrogen and oxygen atoms in total. The lowest BCUT2D eigenvalue weighted by Crippen LogP contribution is -2.42. The third-order valence-corrected chi connectivity index (χ3v) is 2.85. The van der Waals surface area contributed by atoms with Crippen molar-refractivity contribution in [2.24, 2.45) is 0 Å². The fourth-order valence-electron chi connectivity index (χ4n) is 1.86. The number of ether oxygens (including phenoxy) is 1. The topological polar surface area (TPSA) is 24.5 Å². The molecule has 4 heteroatoms. The van der Waals surface area contributed by atoms with E-state index in [2.05, 4.69) is 31.1 Å². The number of hydrogen-bond acceptors (Lipinski definition) is 3. The SMILES string of the molecule is CNC1CCN(CCOC(C)C)CC1.Cl. The molecule has 0 aromatic carbocycles. The first-order valence-corrected chi connectivity index (χ1v) is 5.73. The lowest BCUT2D eigenvalue weighted by atomic mass is 10.1. The lowest BCUT2D eigenvalue weighted by Gasteiger charge is -2.31. The van der Waals surface area contributed by atoms with Gasteiger partial charge in [-0.15, -0.1) is 12.4 Å². The normalized spacial score (nSPS) is 19.2. The smallest absolute Gasteiger partial charge is 0.0596 e. The monoisotopic (exact) mass is 236 g/mol. The summed E-state index contributed by atoms with van der Waals surface area (Å²) < 4.78 is 5.54. The van der Waals surface area contributed by atoms with Crippen molar-refractivity contribution in [1.29, 1.82) is 0 Å². The van der Waals surface area contributed by atoms with Crippen molar-refractivity contribution >= 4 is 12.4 Å². The molecule has 0 amide bonds. The summed E-state index contributed by atoms with van der Waals surface area (Å²) in [4.78, 5) is 2.50. The minimum Gasteiger partial charge on any atom is -0.377 e. The number of hydrogen-bond donors (Lipinski definition) is 1. The highest BCUT2D eigenvalue weighted by molar-refractivity contribution is 5.85. The number of rotatable bonds is 5. The lowest BCUT2D eigenvalue weighted by molar-refractivity contribution is 0.0529. The van der Waals surface area contributed by atoms with Crippen LogP contribution in [0.25, 0.3) is 0 Å². The van der Waals surface area contributed by atoms with Crippen molar-refractivity contribution in [1.82, 2.24) is 10.2 Å². The molecular formula is C11H25ClN2O. The van der Waals surface area contributed by atoms with Crippen molar-refractivity contribution < 1.29 is 4.74 Å². The number of piperidine rings is 1. The first kappa shape index (κ1) is 15.2. The van der Waals surface area contributed by atoms with Crippen LogP contribution in [0.4, 0.5) is 0 Å². The molecule has 1 heterocycles. The summed E-state index contributed by atoms with van der Waals surface area (Å²) in [7, 11) is 2.06. The fourth-order valence-corrected chi connectivity index (χ4v) is 1.86. The summed E-state index contributed by atoms with van der Waals surface area (Å²) in [6, 6.07) is 0.734. The number of likely N-dealkylation sites (tertiary alicyclic amines) is 1. The average molecular weight is 237 g/mol. The van der Waals surface area contributed by atoms with Crippen molar-refractivity contribution in [3.05, 3.63) is 0 Å². The van der Waals surface area contributed by atoms with E-state index in [4.69, 9.17) is 4.74 Å². The van der Waals surface area contributed by atoms with Gasteiger partial charge in [-0.1, -0.05) is 0 Å². The molecule has 0 saturated carbocycles. The van der Waals surface area contributed by atoms with Gasteiger partial charge in [-0.05, 0) is 46.8 Å². The number of halogens is 1. The van der Waals surface area contributed by atoms with Gasteiger partial charge < -0.3 is 15.0 Å². The zero-order valence-corrected chi connectivity index (χ0v) is 11.0. The molecule has 0 radical (unpaired) electrons. The van der Waals surface area contributed by atoms with Crippen LogP contribution in [0.1, 0.15) is 26.7 Å². The van der Waals surface area contributed by atoms with Crippen LogP contribution in [-0.2, 0) is 4.74 Å². The fraction of sp³-hybridized carbons (Fsp3) is 1.00. The molecule has 1 saturated heterocycles. The Kier molecular flexibility index (Phi) is 8.43. The quantitative estimate of drug-likeness (QED) is 0.784. The minimum atomic E-state index is 0. The maximum Gasteiger partial charge on any atom is 0.0596 e. The van der Waals surface area contributed by atoms with Crippen molar-refractivity contribution in [3.8, 4) is 0 Å². The molecule has 0 unspecified atom stereocenters. The second-order valence-corrected chi connectivity index (χ2v) is 4.32. The predicted molar refractivity (Wildman–Crippen MR) is 66.9 cm³/mol. The first-order chi connectivity index (χ1) is 6.72. The summed E-state index contributed by atoms with van der Waals surface area (Å²) in [5.74, 6) is 0. The van der Waals surface area contributed by atoms with E-state index in [9.17, 15) is 0 Å². The van der Waals surface area contributed by atoms with Gasteiger partial charge in [0.1, 0.15) is 0 Å². The number of nitrogens with one attached hydrogen (secondary N) is 1. The van der Waals surface area contributed by atoms with Gasteiger partial charge in [0, 0.05) is 12.6 Å². The average Bonchev–Trinajstić information content (AvgIpc) is 2.18. The van der Waals surface area contributed by atoms with Crippen LogP contribution in [0.2, 0.25) is 0 Å². The molecule has 92 valence electrons. The summed E-state index contributed by atoms with van der Waals surface area (Å²) in [5, 5.41) is 3.34. The molecule has 1 aliphatic heterocycles. The standard InChI is InChI=1S/C11H24N2O.ClH/c1-10(2)14-9-8-13-6-4-11(12-3)5-7-13;/h10-12H,4-9H2,1-3H3;1H. The molecule has 0 aromatic heterocycles. The second-order valence-electron chi connectivity index (χ2n) is 4.32. The highest BCUT2D eigenvalue weighted by Gasteiger charge is 2.16. The maximum atomic E-state index is 5.54.